The average molecular weight is 280 g/mol. The number of benzene rings is 1. The Morgan fingerprint density at radius 3 is 2.74 bits per heavy atom. The lowest BCUT2D eigenvalue weighted by Crippen LogP contribution is -2.04. The van der Waals surface area contributed by atoms with Crippen molar-refractivity contribution in [2.24, 2.45) is 0 Å². The van der Waals surface area contributed by atoms with Gasteiger partial charge in [-0.05, 0) is 23.8 Å². The summed E-state index contributed by atoms with van der Waals surface area (Å²) >= 11 is 5.95. The topological polar surface area (TPSA) is 39.2 Å². The molecule has 0 saturated carbocycles. The van der Waals surface area contributed by atoms with E-state index in [2.05, 4.69) is 9.72 Å². The van der Waals surface area contributed by atoms with Crippen LogP contribution in [-0.2, 0) is 11.2 Å². The monoisotopic (exact) mass is 279 g/mol. The summed E-state index contributed by atoms with van der Waals surface area (Å²) in [4.78, 5) is 15.2. The number of hydrogen-bond acceptors (Lipinski definition) is 3. The van der Waals surface area contributed by atoms with E-state index >= 15 is 0 Å². The summed E-state index contributed by atoms with van der Waals surface area (Å²) in [6, 6.07) is 7.78. The Hall–Kier alpha value is -1.94. The van der Waals surface area contributed by atoms with E-state index < -0.39 is 5.97 Å². The molecule has 2 aromatic rings. The molecule has 0 aliphatic rings. The molecule has 2 rings (SSSR count). The summed E-state index contributed by atoms with van der Waals surface area (Å²) in [5, 5.41) is 0.372. The van der Waals surface area contributed by atoms with Crippen LogP contribution in [0.3, 0.4) is 0 Å². The van der Waals surface area contributed by atoms with Gasteiger partial charge in [0, 0.05) is 23.2 Å². The number of carbonyl (C=O) groups excluding carboxylic acids is 1. The van der Waals surface area contributed by atoms with Crippen LogP contribution in [0.25, 0.3) is 0 Å². The predicted octanol–water partition coefficient (Wildman–Crippen LogP) is 3.25. The van der Waals surface area contributed by atoms with Gasteiger partial charge in [0.1, 0.15) is 11.5 Å². The van der Waals surface area contributed by atoms with Gasteiger partial charge in [-0.15, -0.1) is 0 Å². The molecule has 1 aromatic carbocycles. The molecule has 0 N–H and O–H groups in total. The van der Waals surface area contributed by atoms with Gasteiger partial charge in [0.2, 0.25) is 0 Å². The number of methoxy groups -OCH3 is 1. The van der Waals surface area contributed by atoms with E-state index in [9.17, 15) is 9.18 Å². The third kappa shape index (κ3) is 3.09. The van der Waals surface area contributed by atoms with E-state index in [0.29, 0.717) is 17.0 Å². The molecule has 0 aliphatic heterocycles. The molecule has 0 fully saturated rings. The lowest BCUT2D eigenvalue weighted by atomic mass is 10.1. The van der Waals surface area contributed by atoms with Crippen LogP contribution in [0.4, 0.5) is 4.39 Å². The fraction of sp³-hybridized carbons (Fsp3) is 0.143. The van der Waals surface area contributed by atoms with Crippen molar-refractivity contribution in [2.45, 2.75) is 6.42 Å². The number of pyridine rings is 1. The standard InChI is InChI=1S/C14H11ClFNO2/c1-19-14(18)13-6-5-9(8-17-13)7-10-11(15)3-2-4-12(10)16/h2-6,8H,7H2,1H3. The Balaban J connectivity index is 2.22. The van der Waals surface area contributed by atoms with E-state index in [1.165, 1.54) is 25.4 Å². The number of nitrogens with zero attached hydrogens (tertiary/aromatic N) is 1. The van der Waals surface area contributed by atoms with Crippen LogP contribution < -0.4 is 0 Å². The first-order valence-corrected chi connectivity index (χ1v) is 5.95. The molecule has 0 bridgehead atoms. The van der Waals surface area contributed by atoms with Crippen molar-refractivity contribution in [3.63, 3.8) is 0 Å². The molecule has 5 heteroatoms. The molecule has 0 saturated heterocycles. The first-order valence-electron chi connectivity index (χ1n) is 5.58. The molecule has 98 valence electrons. The largest absolute Gasteiger partial charge is 0.464 e. The number of ether oxygens (including phenoxy) is 1. The third-order valence-electron chi connectivity index (χ3n) is 2.66. The second kappa shape index (κ2) is 5.80. The molecule has 0 spiro atoms. The minimum atomic E-state index is -0.504. The minimum absolute atomic E-state index is 0.214. The Kier molecular flexibility index (Phi) is 4.12. The third-order valence-corrected chi connectivity index (χ3v) is 3.02. The highest BCUT2D eigenvalue weighted by molar-refractivity contribution is 6.31. The molecule has 3 nitrogen and oxygen atoms in total. The fourth-order valence-electron chi connectivity index (χ4n) is 1.66. The normalized spacial score (nSPS) is 10.3. The number of hydrogen-bond donors (Lipinski definition) is 0. The van der Waals surface area contributed by atoms with Crippen molar-refractivity contribution in [3.05, 3.63) is 64.2 Å². The smallest absolute Gasteiger partial charge is 0.356 e. The summed E-state index contributed by atoms with van der Waals surface area (Å²) in [6.07, 6.45) is 1.83. The summed E-state index contributed by atoms with van der Waals surface area (Å²) in [5.74, 6) is -0.861. The number of aromatic nitrogens is 1. The van der Waals surface area contributed by atoms with Gasteiger partial charge in [-0.2, -0.15) is 0 Å². The van der Waals surface area contributed by atoms with Gasteiger partial charge in [-0.1, -0.05) is 23.7 Å². The van der Waals surface area contributed by atoms with Crippen LogP contribution in [-0.4, -0.2) is 18.1 Å². The number of carbonyl (C=O) groups is 1. The van der Waals surface area contributed by atoms with E-state index in [0.717, 1.165) is 5.56 Å². The zero-order valence-electron chi connectivity index (χ0n) is 10.2. The van der Waals surface area contributed by atoms with Crippen LogP contribution >= 0.6 is 11.6 Å². The first-order chi connectivity index (χ1) is 9.11. The molecule has 1 aromatic heterocycles. The molecule has 1 heterocycles. The summed E-state index contributed by atoms with van der Waals surface area (Å²) in [6.45, 7) is 0. The fourth-order valence-corrected chi connectivity index (χ4v) is 1.89. The second-order valence-corrected chi connectivity index (χ2v) is 4.33. The molecule has 0 unspecified atom stereocenters. The number of halogens is 2. The average Bonchev–Trinajstić information content (AvgIpc) is 2.43. The van der Waals surface area contributed by atoms with E-state index in [1.807, 2.05) is 0 Å². The van der Waals surface area contributed by atoms with Crippen LogP contribution in [0.15, 0.2) is 36.5 Å². The summed E-state index contributed by atoms with van der Waals surface area (Å²) in [7, 11) is 1.29. The lowest BCUT2D eigenvalue weighted by Gasteiger charge is -2.06. The molecule has 19 heavy (non-hydrogen) atoms. The molecule has 0 aliphatic carbocycles. The SMILES string of the molecule is COC(=O)c1ccc(Cc2c(F)cccc2Cl)cn1. The molecular weight excluding hydrogens is 269 g/mol. The van der Waals surface area contributed by atoms with Crippen molar-refractivity contribution >= 4 is 17.6 Å². The van der Waals surface area contributed by atoms with Gasteiger partial charge < -0.3 is 4.74 Å². The van der Waals surface area contributed by atoms with Crippen molar-refractivity contribution in [2.75, 3.05) is 7.11 Å². The Morgan fingerprint density at radius 2 is 2.16 bits per heavy atom. The van der Waals surface area contributed by atoms with Gasteiger partial charge in [0.25, 0.3) is 0 Å². The van der Waals surface area contributed by atoms with Crippen LogP contribution in [0.1, 0.15) is 21.6 Å². The highest BCUT2D eigenvalue weighted by atomic mass is 35.5. The highest BCUT2D eigenvalue weighted by Crippen LogP contribution is 2.22. The molecule has 0 radical (unpaired) electrons. The maximum absolute atomic E-state index is 13.6. The Morgan fingerprint density at radius 1 is 1.37 bits per heavy atom. The van der Waals surface area contributed by atoms with Gasteiger partial charge in [-0.3, -0.25) is 0 Å². The zero-order chi connectivity index (χ0) is 13.8. The van der Waals surface area contributed by atoms with Crippen molar-refractivity contribution in [1.82, 2.24) is 4.98 Å². The van der Waals surface area contributed by atoms with Gasteiger partial charge in [0.15, 0.2) is 0 Å². The maximum Gasteiger partial charge on any atom is 0.356 e. The van der Waals surface area contributed by atoms with Crippen LogP contribution in [0.2, 0.25) is 5.02 Å². The van der Waals surface area contributed by atoms with Gasteiger partial charge >= 0.3 is 5.97 Å². The quantitative estimate of drug-likeness (QED) is 0.810. The molecule has 0 amide bonds. The lowest BCUT2D eigenvalue weighted by molar-refractivity contribution is 0.0594. The Labute approximate surface area is 115 Å². The zero-order valence-corrected chi connectivity index (χ0v) is 10.9. The first kappa shape index (κ1) is 13.5. The minimum Gasteiger partial charge on any atom is -0.464 e. The maximum atomic E-state index is 13.6. The van der Waals surface area contributed by atoms with E-state index in [1.54, 1.807) is 18.2 Å². The number of esters is 1. The van der Waals surface area contributed by atoms with E-state index in [4.69, 9.17) is 11.6 Å². The second-order valence-electron chi connectivity index (χ2n) is 3.92. The van der Waals surface area contributed by atoms with Crippen molar-refractivity contribution in [1.29, 1.82) is 0 Å². The number of rotatable bonds is 3. The van der Waals surface area contributed by atoms with Crippen molar-refractivity contribution < 1.29 is 13.9 Å². The van der Waals surface area contributed by atoms with Crippen LogP contribution in [0, 0.1) is 5.82 Å². The summed E-state index contributed by atoms with van der Waals surface area (Å²) < 4.78 is 18.2. The summed E-state index contributed by atoms with van der Waals surface area (Å²) in [5.41, 5.74) is 1.39. The van der Waals surface area contributed by atoms with Crippen LogP contribution in [0.5, 0.6) is 0 Å². The van der Waals surface area contributed by atoms with Gasteiger partial charge in [0.05, 0.1) is 7.11 Å². The molecule has 0 atom stereocenters. The predicted molar refractivity (Wildman–Crippen MR) is 69.8 cm³/mol. The van der Waals surface area contributed by atoms with Gasteiger partial charge in [-0.25, -0.2) is 14.2 Å². The highest BCUT2D eigenvalue weighted by Gasteiger charge is 2.10. The Bertz CT molecular complexity index is 579. The molecular formula is C14H11ClFNO2. The van der Waals surface area contributed by atoms with Crippen molar-refractivity contribution in [3.8, 4) is 0 Å². The van der Waals surface area contributed by atoms with E-state index in [-0.39, 0.29) is 11.5 Å².